The van der Waals surface area contributed by atoms with Gasteiger partial charge in [0, 0.05) is 12.6 Å². The van der Waals surface area contributed by atoms with Crippen LogP contribution >= 0.6 is 0 Å². The van der Waals surface area contributed by atoms with Crippen LogP contribution in [0.2, 0.25) is 0 Å². The molecule has 1 heterocycles. The van der Waals surface area contributed by atoms with Crippen molar-refractivity contribution in [2.45, 2.75) is 25.6 Å². The van der Waals surface area contributed by atoms with Gasteiger partial charge in [0.1, 0.15) is 5.69 Å². The molecule has 0 amide bonds. The second-order valence-corrected chi connectivity index (χ2v) is 5.24. The molecule has 2 rings (SSSR count). The smallest absolute Gasteiger partial charge is 0.391 e. The van der Waals surface area contributed by atoms with E-state index in [0.717, 1.165) is 0 Å². The number of nitrogen functional groups attached to an aromatic ring is 1. The highest BCUT2D eigenvalue weighted by molar-refractivity contribution is 5.59. The number of benzene rings is 1. The molecule has 0 unspecified atom stereocenters. The molecule has 8 heteroatoms. The molecule has 116 valence electrons. The van der Waals surface area contributed by atoms with Crippen LogP contribution in [0.5, 0.6) is 0 Å². The maximum Gasteiger partial charge on any atom is 0.391 e. The van der Waals surface area contributed by atoms with Crippen LogP contribution in [0, 0.1) is 16.0 Å². The fraction of sp³-hybridized carbons (Fsp3) is 0.538. The Hall–Kier alpha value is -1.83. The Morgan fingerprint density at radius 2 is 1.95 bits per heavy atom. The van der Waals surface area contributed by atoms with Crippen molar-refractivity contribution in [3.05, 3.63) is 33.9 Å². The zero-order valence-electron chi connectivity index (χ0n) is 11.3. The van der Waals surface area contributed by atoms with Crippen molar-refractivity contribution in [2.75, 3.05) is 18.8 Å². The van der Waals surface area contributed by atoms with Crippen LogP contribution in [0.1, 0.15) is 18.4 Å². The Balaban J connectivity index is 1.98. The average Bonchev–Trinajstić information content (AvgIpc) is 2.40. The third kappa shape index (κ3) is 3.84. The molecule has 1 aromatic rings. The number of nitro groups is 1. The lowest BCUT2D eigenvalue weighted by Gasteiger charge is -2.32. The number of halogens is 3. The molecule has 0 spiro atoms. The van der Waals surface area contributed by atoms with E-state index in [1.54, 1.807) is 6.07 Å². The summed E-state index contributed by atoms with van der Waals surface area (Å²) in [4.78, 5) is 12.1. The number of likely N-dealkylation sites (tertiary alicyclic amines) is 1. The summed E-state index contributed by atoms with van der Waals surface area (Å²) < 4.78 is 37.7. The molecule has 1 aliphatic rings. The predicted molar refractivity (Wildman–Crippen MR) is 71.6 cm³/mol. The van der Waals surface area contributed by atoms with Crippen LogP contribution in [0.15, 0.2) is 18.2 Å². The first-order valence-corrected chi connectivity index (χ1v) is 6.59. The highest BCUT2D eigenvalue weighted by Gasteiger charge is 2.40. The third-order valence-electron chi connectivity index (χ3n) is 3.75. The van der Waals surface area contributed by atoms with E-state index < -0.39 is 17.0 Å². The van der Waals surface area contributed by atoms with Crippen LogP contribution in [0.4, 0.5) is 24.5 Å². The molecule has 1 saturated heterocycles. The Kier molecular flexibility index (Phi) is 4.36. The second-order valence-electron chi connectivity index (χ2n) is 5.24. The van der Waals surface area contributed by atoms with Gasteiger partial charge in [0.2, 0.25) is 0 Å². The van der Waals surface area contributed by atoms with Crippen molar-refractivity contribution >= 4 is 11.4 Å². The highest BCUT2D eigenvalue weighted by Crippen LogP contribution is 2.34. The minimum absolute atomic E-state index is 0.0700. The molecule has 0 saturated carbocycles. The first-order valence-electron chi connectivity index (χ1n) is 6.59. The highest BCUT2D eigenvalue weighted by atomic mass is 19.4. The van der Waals surface area contributed by atoms with Crippen LogP contribution in [-0.2, 0) is 6.54 Å². The largest absolute Gasteiger partial charge is 0.393 e. The van der Waals surface area contributed by atoms with Gasteiger partial charge in [0.05, 0.1) is 10.8 Å². The SMILES string of the molecule is Nc1ccc(CN2CCC(C(F)(F)F)CC2)cc1[N+](=O)[O-]. The van der Waals surface area contributed by atoms with E-state index in [1.807, 2.05) is 4.90 Å². The molecule has 0 aliphatic carbocycles. The van der Waals surface area contributed by atoms with Crippen LogP contribution < -0.4 is 5.73 Å². The Bertz CT molecular complexity index is 526. The van der Waals surface area contributed by atoms with E-state index >= 15 is 0 Å². The van der Waals surface area contributed by atoms with E-state index in [4.69, 9.17) is 5.73 Å². The van der Waals surface area contributed by atoms with Gasteiger partial charge in [-0.3, -0.25) is 15.0 Å². The first-order chi connectivity index (χ1) is 9.77. The van der Waals surface area contributed by atoms with Crippen LogP contribution in [-0.4, -0.2) is 29.1 Å². The monoisotopic (exact) mass is 303 g/mol. The number of rotatable bonds is 3. The standard InChI is InChI=1S/C13H16F3N3O2/c14-13(15,16)10-3-5-18(6-4-10)8-9-1-2-11(17)12(7-9)19(20)21/h1-2,7,10H,3-6,8,17H2. The Morgan fingerprint density at radius 3 is 2.48 bits per heavy atom. The maximum atomic E-state index is 12.6. The zero-order valence-corrected chi connectivity index (χ0v) is 11.3. The van der Waals surface area contributed by atoms with Gasteiger partial charge in [-0.05, 0) is 37.6 Å². The number of hydrogen-bond acceptors (Lipinski definition) is 4. The lowest BCUT2D eigenvalue weighted by Crippen LogP contribution is -2.38. The lowest BCUT2D eigenvalue weighted by atomic mass is 9.96. The van der Waals surface area contributed by atoms with Gasteiger partial charge in [-0.25, -0.2) is 0 Å². The van der Waals surface area contributed by atoms with Gasteiger partial charge < -0.3 is 5.73 Å². The van der Waals surface area contributed by atoms with Gasteiger partial charge in [0.15, 0.2) is 0 Å². The fourth-order valence-electron chi connectivity index (χ4n) is 2.52. The van der Waals surface area contributed by atoms with Crippen molar-refractivity contribution in [3.63, 3.8) is 0 Å². The van der Waals surface area contributed by atoms with Crippen LogP contribution in [0.25, 0.3) is 0 Å². The topological polar surface area (TPSA) is 72.4 Å². The second kappa shape index (κ2) is 5.88. The molecule has 0 bridgehead atoms. The van der Waals surface area contributed by atoms with Crippen molar-refractivity contribution in [2.24, 2.45) is 5.92 Å². The summed E-state index contributed by atoms with van der Waals surface area (Å²) in [5.74, 6) is -1.24. The molecule has 1 fully saturated rings. The molecular formula is C13H16F3N3O2. The van der Waals surface area contributed by atoms with Gasteiger partial charge in [-0.15, -0.1) is 0 Å². The summed E-state index contributed by atoms with van der Waals surface area (Å²) in [6.07, 6.45) is -3.99. The van der Waals surface area contributed by atoms with E-state index in [-0.39, 0.29) is 24.2 Å². The van der Waals surface area contributed by atoms with Crippen molar-refractivity contribution in [1.82, 2.24) is 4.90 Å². The van der Waals surface area contributed by atoms with Gasteiger partial charge >= 0.3 is 6.18 Å². The molecule has 2 N–H and O–H groups in total. The average molecular weight is 303 g/mol. The Labute approximate surface area is 119 Å². The molecule has 1 aromatic carbocycles. The van der Waals surface area contributed by atoms with E-state index in [9.17, 15) is 23.3 Å². The van der Waals surface area contributed by atoms with E-state index in [0.29, 0.717) is 25.2 Å². The van der Waals surface area contributed by atoms with Crippen molar-refractivity contribution < 1.29 is 18.1 Å². The number of hydrogen-bond donors (Lipinski definition) is 1. The normalized spacial score (nSPS) is 17.9. The number of nitro benzene ring substituents is 1. The fourth-order valence-corrected chi connectivity index (χ4v) is 2.52. The van der Waals surface area contributed by atoms with Crippen molar-refractivity contribution in [3.8, 4) is 0 Å². The van der Waals surface area contributed by atoms with E-state index in [2.05, 4.69) is 0 Å². The molecule has 0 radical (unpaired) electrons. The third-order valence-corrected chi connectivity index (χ3v) is 3.75. The van der Waals surface area contributed by atoms with Crippen molar-refractivity contribution in [1.29, 1.82) is 0 Å². The molecule has 0 aromatic heterocycles. The number of piperidine rings is 1. The van der Waals surface area contributed by atoms with Crippen LogP contribution in [0.3, 0.4) is 0 Å². The quantitative estimate of drug-likeness (QED) is 0.529. The molecule has 1 aliphatic heterocycles. The number of anilines is 1. The summed E-state index contributed by atoms with van der Waals surface area (Å²) >= 11 is 0. The minimum Gasteiger partial charge on any atom is -0.393 e. The predicted octanol–water partition coefficient (Wildman–Crippen LogP) is 2.95. The molecule has 0 atom stereocenters. The number of nitrogens with zero attached hydrogens (tertiary/aromatic N) is 2. The van der Waals surface area contributed by atoms with E-state index in [1.165, 1.54) is 12.1 Å². The van der Waals surface area contributed by atoms with Gasteiger partial charge in [0.25, 0.3) is 5.69 Å². The number of nitrogens with two attached hydrogens (primary N) is 1. The minimum atomic E-state index is -4.13. The summed E-state index contributed by atoms with van der Waals surface area (Å²) in [5.41, 5.74) is 6.11. The van der Waals surface area contributed by atoms with Gasteiger partial charge in [-0.2, -0.15) is 13.2 Å². The summed E-state index contributed by atoms with van der Waals surface area (Å²) in [6.45, 7) is 1.07. The summed E-state index contributed by atoms with van der Waals surface area (Å²) in [6, 6.07) is 4.50. The Morgan fingerprint density at radius 1 is 1.33 bits per heavy atom. The first kappa shape index (κ1) is 15.6. The molecule has 21 heavy (non-hydrogen) atoms. The lowest BCUT2D eigenvalue weighted by molar-refractivity contribution is -0.384. The summed E-state index contributed by atoms with van der Waals surface area (Å²) in [5, 5.41) is 10.8. The molecule has 5 nitrogen and oxygen atoms in total. The number of alkyl halides is 3. The summed E-state index contributed by atoms with van der Waals surface area (Å²) in [7, 11) is 0. The molecular weight excluding hydrogens is 287 g/mol. The van der Waals surface area contributed by atoms with Gasteiger partial charge in [-0.1, -0.05) is 6.07 Å². The zero-order chi connectivity index (χ0) is 15.6. The maximum absolute atomic E-state index is 12.6.